The zero-order chi connectivity index (χ0) is 21.2. The maximum absolute atomic E-state index is 11.5. The van der Waals surface area contributed by atoms with E-state index in [2.05, 4.69) is 57.3 Å². The molecule has 1 aromatic rings. The highest BCUT2D eigenvalue weighted by Crippen LogP contribution is 2.15. The number of carbonyl (C=O) groups is 1. The molecule has 0 atom stereocenters. The van der Waals surface area contributed by atoms with Gasteiger partial charge in [-0.05, 0) is 38.4 Å². The molecule has 166 valence electrons. The van der Waals surface area contributed by atoms with Gasteiger partial charge in [0.1, 0.15) is 0 Å². The Labute approximate surface area is 181 Å². The van der Waals surface area contributed by atoms with Gasteiger partial charge in [0.2, 0.25) is 5.91 Å². The quantitative estimate of drug-likeness (QED) is 0.418. The number of unbranched alkanes of at least 4 members (excludes halogenated alkanes) is 1. The fraction of sp³-hybridized carbons (Fsp3) is 0.652. The molecule has 1 N–H and O–H groups in total. The number of hydrogen-bond acceptors (Lipinski definition) is 4. The topological polar surface area (TPSA) is 54.4 Å². The number of amides is 1. The zero-order valence-corrected chi connectivity index (χ0v) is 18.7. The first-order chi connectivity index (χ1) is 14.7. The molecule has 1 aromatic carbocycles. The number of rotatable bonds is 7. The second kappa shape index (κ2) is 11.8. The van der Waals surface area contributed by atoms with Crippen LogP contribution in [0.2, 0.25) is 0 Å². The van der Waals surface area contributed by atoms with Crippen molar-refractivity contribution >= 4 is 17.6 Å². The van der Waals surface area contributed by atoms with Crippen LogP contribution in [0, 0.1) is 0 Å². The van der Waals surface area contributed by atoms with Crippen LogP contribution in [0.4, 0.5) is 5.69 Å². The van der Waals surface area contributed by atoms with Crippen molar-refractivity contribution in [2.75, 3.05) is 76.9 Å². The van der Waals surface area contributed by atoms with E-state index in [9.17, 15) is 4.79 Å². The Balaban J connectivity index is 1.34. The first-order valence-electron chi connectivity index (χ1n) is 11.5. The van der Waals surface area contributed by atoms with E-state index in [1.807, 2.05) is 4.90 Å². The highest BCUT2D eigenvalue weighted by molar-refractivity contribution is 5.80. The molecule has 0 radical (unpaired) electrons. The normalized spacial score (nSPS) is 18.6. The first kappa shape index (κ1) is 22.4. The number of aliphatic imine (C=N–C) groups is 1. The SMILES string of the molecule is CCNC(=NCCCCN1CCN(c2ccccc2)CC1)N1CCN(C(C)=O)CC1. The fourth-order valence-corrected chi connectivity index (χ4v) is 4.16. The average molecular weight is 415 g/mol. The first-order valence-corrected chi connectivity index (χ1v) is 11.5. The van der Waals surface area contributed by atoms with Crippen molar-refractivity contribution in [3.8, 4) is 0 Å². The van der Waals surface area contributed by atoms with Crippen LogP contribution in [0.1, 0.15) is 26.7 Å². The van der Waals surface area contributed by atoms with Crippen molar-refractivity contribution in [3.05, 3.63) is 30.3 Å². The van der Waals surface area contributed by atoms with Gasteiger partial charge in [-0.1, -0.05) is 18.2 Å². The van der Waals surface area contributed by atoms with E-state index in [0.29, 0.717) is 0 Å². The minimum absolute atomic E-state index is 0.168. The van der Waals surface area contributed by atoms with Gasteiger partial charge in [-0.2, -0.15) is 0 Å². The summed E-state index contributed by atoms with van der Waals surface area (Å²) < 4.78 is 0. The van der Waals surface area contributed by atoms with Crippen LogP contribution in [-0.4, -0.2) is 98.6 Å². The molecular formula is C23H38N6O. The average Bonchev–Trinajstić information content (AvgIpc) is 2.79. The third-order valence-corrected chi connectivity index (χ3v) is 6.00. The predicted molar refractivity (Wildman–Crippen MR) is 124 cm³/mol. The Morgan fingerprint density at radius 1 is 0.933 bits per heavy atom. The molecule has 0 aliphatic carbocycles. The van der Waals surface area contributed by atoms with Crippen LogP contribution in [0.3, 0.4) is 0 Å². The summed E-state index contributed by atoms with van der Waals surface area (Å²) in [5, 5.41) is 3.41. The molecule has 0 unspecified atom stereocenters. The van der Waals surface area contributed by atoms with E-state index < -0.39 is 0 Å². The fourth-order valence-electron chi connectivity index (χ4n) is 4.16. The number of piperazine rings is 2. The molecule has 7 nitrogen and oxygen atoms in total. The second-order valence-corrected chi connectivity index (χ2v) is 8.10. The summed E-state index contributed by atoms with van der Waals surface area (Å²) in [6.45, 7) is 14.4. The monoisotopic (exact) mass is 414 g/mol. The van der Waals surface area contributed by atoms with Crippen LogP contribution in [0.15, 0.2) is 35.3 Å². The predicted octanol–water partition coefficient (Wildman–Crippen LogP) is 1.72. The van der Waals surface area contributed by atoms with Crippen molar-refractivity contribution in [2.45, 2.75) is 26.7 Å². The lowest BCUT2D eigenvalue weighted by Crippen LogP contribution is -2.53. The van der Waals surface area contributed by atoms with Gasteiger partial charge in [0.25, 0.3) is 0 Å². The van der Waals surface area contributed by atoms with E-state index in [1.54, 1.807) is 6.92 Å². The van der Waals surface area contributed by atoms with Crippen LogP contribution >= 0.6 is 0 Å². The van der Waals surface area contributed by atoms with Crippen molar-refractivity contribution in [3.63, 3.8) is 0 Å². The molecule has 2 heterocycles. The van der Waals surface area contributed by atoms with Crippen LogP contribution in [0.25, 0.3) is 0 Å². The number of carbonyl (C=O) groups excluding carboxylic acids is 1. The molecule has 2 aliphatic rings. The Bertz CT molecular complexity index is 664. The van der Waals surface area contributed by atoms with Gasteiger partial charge in [0, 0.05) is 78.1 Å². The maximum Gasteiger partial charge on any atom is 0.219 e. The molecule has 30 heavy (non-hydrogen) atoms. The molecule has 7 heteroatoms. The molecular weight excluding hydrogens is 376 g/mol. The van der Waals surface area contributed by atoms with Crippen LogP contribution < -0.4 is 10.2 Å². The van der Waals surface area contributed by atoms with Crippen molar-refractivity contribution < 1.29 is 4.79 Å². The number of nitrogens with one attached hydrogen (secondary N) is 1. The van der Waals surface area contributed by atoms with E-state index in [0.717, 1.165) is 84.4 Å². The molecule has 0 spiro atoms. The summed E-state index contributed by atoms with van der Waals surface area (Å²) in [5.41, 5.74) is 1.34. The lowest BCUT2D eigenvalue weighted by Gasteiger charge is -2.36. The van der Waals surface area contributed by atoms with E-state index in [1.165, 1.54) is 12.1 Å². The Morgan fingerprint density at radius 3 is 2.23 bits per heavy atom. The van der Waals surface area contributed by atoms with E-state index in [-0.39, 0.29) is 5.91 Å². The number of para-hydroxylation sites is 1. The van der Waals surface area contributed by atoms with E-state index in [4.69, 9.17) is 4.99 Å². The van der Waals surface area contributed by atoms with Crippen molar-refractivity contribution in [1.82, 2.24) is 20.0 Å². The number of benzene rings is 1. The van der Waals surface area contributed by atoms with Gasteiger partial charge < -0.3 is 20.0 Å². The number of anilines is 1. The van der Waals surface area contributed by atoms with Crippen molar-refractivity contribution in [2.24, 2.45) is 4.99 Å². The number of guanidine groups is 1. The zero-order valence-electron chi connectivity index (χ0n) is 18.7. The molecule has 2 aliphatic heterocycles. The molecule has 0 bridgehead atoms. The van der Waals surface area contributed by atoms with E-state index >= 15 is 0 Å². The molecule has 3 rings (SSSR count). The Hall–Kier alpha value is -2.28. The molecule has 0 aromatic heterocycles. The van der Waals surface area contributed by atoms with Gasteiger partial charge >= 0.3 is 0 Å². The lowest BCUT2D eigenvalue weighted by molar-refractivity contribution is -0.130. The second-order valence-electron chi connectivity index (χ2n) is 8.10. The number of hydrogen-bond donors (Lipinski definition) is 1. The van der Waals surface area contributed by atoms with Gasteiger partial charge in [-0.15, -0.1) is 0 Å². The molecule has 0 saturated carbocycles. The summed E-state index contributed by atoms with van der Waals surface area (Å²) in [4.78, 5) is 25.6. The third-order valence-electron chi connectivity index (χ3n) is 6.00. The minimum atomic E-state index is 0.168. The highest BCUT2D eigenvalue weighted by atomic mass is 16.2. The molecule has 2 fully saturated rings. The summed E-state index contributed by atoms with van der Waals surface area (Å²) >= 11 is 0. The van der Waals surface area contributed by atoms with Crippen LogP contribution in [-0.2, 0) is 4.79 Å². The smallest absolute Gasteiger partial charge is 0.219 e. The standard InChI is InChI=1S/C23H38N6O/c1-3-24-23(29-19-17-27(18-20-29)21(2)30)25-11-7-8-12-26-13-15-28(16-14-26)22-9-5-4-6-10-22/h4-6,9-10H,3,7-8,11-20H2,1-2H3,(H,24,25). The number of nitrogens with zero attached hydrogens (tertiary/aromatic N) is 5. The minimum Gasteiger partial charge on any atom is -0.369 e. The van der Waals surface area contributed by atoms with Gasteiger partial charge in [0.15, 0.2) is 5.96 Å². The molecule has 1 amide bonds. The third kappa shape index (κ3) is 6.62. The van der Waals surface area contributed by atoms with Gasteiger partial charge in [0.05, 0.1) is 0 Å². The van der Waals surface area contributed by atoms with Crippen molar-refractivity contribution in [1.29, 1.82) is 0 Å². The maximum atomic E-state index is 11.5. The highest BCUT2D eigenvalue weighted by Gasteiger charge is 2.21. The van der Waals surface area contributed by atoms with Gasteiger partial charge in [-0.3, -0.25) is 14.7 Å². The Kier molecular flexibility index (Phi) is 8.81. The summed E-state index contributed by atoms with van der Waals surface area (Å²) in [5.74, 6) is 1.17. The molecule has 2 saturated heterocycles. The Morgan fingerprint density at radius 2 is 1.60 bits per heavy atom. The van der Waals surface area contributed by atoms with Crippen LogP contribution in [0.5, 0.6) is 0 Å². The van der Waals surface area contributed by atoms with Gasteiger partial charge in [-0.25, -0.2) is 0 Å². The summed E-state index contributed by atoms with van der Waals surface area (Å²) in [6.07, 6.45) is 2.30. The largest absolute Gasteiger partial charge is 0.369 e. The summed E-state index contributed by atoms with van der Waals surface area (Å²) in [7, 11) is 0. The summed E-state index contributed by atoms with van der Waals surface area (Å²) in [6, 6.07) is 10.7. The lowest BCUT2D eigenvalue weighted by atomic mass is 10.2.